The molecule has 0 radical (unpaired) electrons. The third-order valence-electron chi connectivity index (χ3n) is 3.40. The molecule has 0 amide bonds. The first-order chi connectivity index (χ1) is 8.45. The second-order valence-electron chi connectivity index (χ2n) is 4.63. The Morgan fingerprint density at radius 2 is 1.67 bits per heavy atom. The second-order valence-corrected chi connectivity index (χ2v) is 4.63. The third kappa shape index (κ3) is 3.32. The number of nitrogens with one attached hydrogen (secondary N) is 2. The predicted octanol–water partition coefficient (Wildman–Crippen LogP) is 2.10. The maximum absolute atomic E-state index is 10.3. The summed E-state index contributed by atoms with van der Waals surface area (Å²) in [7, 11) is 1.84. The molecule has 1 heterocycles. The molecule has 0 aromatic carbocycles. The van der Waals surface area contributed by atoms with Crippen LogP contribution in [0.5, 0.6) is 0 Å². The van der Waals surface area contributed by atoms with Crippen molar-refractivity contribution in [3.8, 4) is 0 Å². The summed E-state index contributed by atoms with van der Waals surface area (Å²) in [6, 6.07) is 0. The van der Waals surface area contributed by atoms with Crippen LogP contribution < -0.4 is 10.6 Å². The number of anilines is 2. The molecule has 0 unspecified atom stereocenters. The highest BCUT2D eigenvalue weighted by Gasteiger charge is 2.22. The average molecular weight is 252 g/mol. The summed E-state index contributed by atoms with van der Waals surface area (Å²) >= 11 is 0. The molecule has 3 N–H and O–H groups in total. The minimum Gasteiger partial charge on any atom is -0.388 e. The monoisotopic (exact) mass is 252 g/mol. The van der Waals surface area contributed by atoms with Crippen molar-refractivity contribution in [1.82, 2.24) is 9.97 Å². The molecule has 0 spiro atoms. The van der Waals surface area contributed by atoms with E-state index in [0.717, 1.165) is 30.0 Å². The van der Waals surface area contributed by atoms with E-state index >= 15 is 0 Å². The minimum absolute atomic E-state index is 0.500. The van der Waals surface area contributed by atoms with E-state index in [1.165, 1.54) is 0 Å². The summed E-state index contributed by atoms with van der Waals surface area (Å²) < 4.78 is 0. The van der Waals surface area contributed by atoms with Crippen molar-refractivity contribution >= 4 is 11.6 Å². The molecule has 0 aliphatic heterocycles. The molecule has 0 saturated heterocycles. The van der Waals surface area contributed by atoms with Crippen molar-refractivity contribution in [2.75, 3.05) is 24.2 Å². The van der Waals surface area contributed by atoms with Crippen LogP contribution in [0.2, 0.25) is 0 Å². The first-order valence-electron chi connectivity index (χ1n) is 6.45. The van der Waals surface area contributed by atoms with E-state index in [9.17, 15) is 5.11 Å². The zero-order valence-corrected chi connectivity index (χ0v) is 12.0. The van der Waals surface area contributed by atoms with Gasteiger partial charge in [0.25, 0.3) is 0 Å². The third-order valence-corrected chi connectivity index (χ3v) is 3.40. The van der Waals surface area contributed by atoms with Gasteiger partial charge in [0.05, 0.1) is 5.60 Å². The molecular weight excluding hydrogens is 228 g/mol. The van der Waals surface area contributed by atoms with E-state index < -0.39 is 5.60 Å². The van der Waals surface area contributed by atoms with Crippen LogP contribution in [-0.2, 0) is 0 Å². The van der Waals surface area contributed by atoms with Crippen molar-refractivity contribution in [1.29, 1.82) is 0 Å². The SMILES string of the molecule is CCC(O)(CC)CNc1nc(C)nc(NC)c1C. The van der Waals surface area contributed by atoms with Gasteiger partial charge < -0.3 is 15.7 Å². The highest BCUT2D eigenvalue weighted by atomic mass is 16.3. The quantitative estimate of drug-likeness (QED) is 0.723. The Bertz CT molecular complexity index is 402. The lowest BCUT2D eigenvalue weighted by atomic mass is 9.97. The number of aryl methyl sites for hydroxylation is 1. The van der Waals surface area contributed by atoms with Crippen molar-refractivity contribution < 1.29 is 5.11 Å². The number of nitrogens with zero attached hydrogens (tertiary/aromatic N) is 2. The van der Waals surface area contributed by atoms with E-state index in [1.54, 1.807) is 0 Å². The second kappa shape index (κ2) is 6.00. The molecule has 1 rings (SSSR count). The lowest BCUT2D eigenvalue weighted by Crippen LogP contribution is -2.35. The van der Waals surface area contributed by atoms with Gasteiger partial charge in [0.15, 0.2) is 0 Å². The number of aliphatic hydroxyl groups is 1. The Hall–Kier alpha value is -1.36. The first-order valence-corrected chi connectivity index (χ1v) is 6.45. The van der Waals surface area contributed by atoms with Gasteiger partial charge in [0.1, 0.15) is 17.5 Å². The molecule has 0 aliphatic carbocycles. The van der Waals surface area contributed by atoms with Crippen LogP contribution in [0.1, 0.15) is 38.1 Å². The molecule has 1 aromatic rings. The molecular formula is C13H24N4O. The van der Waals surface area contributed by atoms with Crippen LogP contribution in [0.3, 0.4) is 0 Å². The molecule has 5 nitrogen and oxygen atoms in total. The Labute approximate surface area is 109 Å². The lowest BCUT2D eigenvalue weighted by molar-refractivity contribution is 0.0456. The largest absolute Gasteiger partial charge is 0.388 e. The van der Waals surface area contributed by atoms with Crippen molar-refractivity contribution in [3.05, 3.63) is 11.4 Å². The molecule has 1 aromatic heterocycles. The summed E-state index contributed by atoms with van der Waals surface area (Å²) in [4.78, 5) is 8.69. The van der Waals surface area contributed by atoms with E-state index in [0.29, 0.717) is 12.4 Å². The number of aromatic nitrogens is 2. The van der Waals surface area contributed by atoms with E-state index in [2.05, 4.69) is 20.6 Å². The molecule has 18 heavy (non-hydrogen) atoms. The normalized spacial score (nSPS) is 11.4. The Morgan fingerprint density at radius 3 is 2.17 bits per heavy atom. The summed E-state index contributed by atoms with van der Waals surface area (Å²) in [5, 5.41) is 16.5. The lowest BCUT2D eigenvalue weighted by Gasteiger charge is -2.26. The van der Waals surface area contributed by atoms with Crippen molar-refractivity contribution in [2.45, 2.75) is 46.1 Å². The first kappa shape index (κ1) is 14.7. The molecule has 5 heteroatoms. The molecule has 0 atom stereocenters. The zero-order valence-electron chi connectivity index (χ0n) is 12.0. The van der Waals surface area contributed by atoms with Crippen molar-refractivity contribution in [3.63, 3.8) is 0 Å². The number of rotatable bonds is 6. The van der Waals surface area contributed by atoms with Gasteiger partial charge in [-0.1, -0.05) is 13.8 Å². The summed E-state index contributed by atoms with van der Waals surface area (Å²) in [5.41, 5.74) is 0.295. The van der Waals surface area contributed by atoms with Gasteiger partial charge in [0, 0.05) is 19.2 Å². The van der Waals surface area contributed by atoms with Crippen LogP contribution in [0.25, 0.3) is 0 Å². The zero-order chi connectivity index (χ0) is 13.8. The highest BCUT2D eigenvalue weighted by Crippen LogP contribution is 2.21. The van der Waals surface area contributed by atoms with Crippen LogP contribution >= 0.6 is 0 Å². The average Bonchev–Trinajstić information content (AvgIpc) is 2.38. The van der Waals surface area contributed by atoms with E-state index in [4.69, 9.17) is 0 Å². The maximum Gasteiger partial charge on any atom is 0.134 e. The number of hydrogen-bond donors (Lipinski definition) is 3. The van der Waals surface area contributed by atoms with Gasteiger partial charge >= 0.3 is 0 Å². The summed E-state index contributed by atoms with van der Waals surface area (Å²) in [5.74, 6) is 2.32. The molecule has 0 bridgehead atoms. The molecule has 102 valence electrons. The van der Waals surface area contributed by atoms with Gasteiger partial charge in [-0.25, -0.2) is 9.97 Å². The van der Waals surface area contributed by atoms with Crippen molar-refractivity contribution in [2.24, 2.45) is 0 Å². The van der Waals surface area contributed by atoms with Crippen LogP contribution in [0.15, 0.2) is 0 Å². The Morgan fingerprint density at radius 1 is 1.11 bits per heavy atom. The van der Waals surface area contributed by atoms with Gasteiger partial charge in [-0.3, -0.25) is 0 Å². The predicted molar refractivity (Wildman–Crippen MR) is 75.1 cm³/mol. The number of hydrogen-bond acceptors (Lipinski definition) is 5. The van der Waals surface area contributed by atoms with Gasteiger partial charge in [-0.05, 0) is 26.7 Å². The Kier molecular flexibility index (Phi) is 4.90. The van der Waals surface area contributed by atoms with Gasteiger partial charge in [-0.2, -0.15) is 0 Å². The van der Waals surface area contributed by atoms with Gasteiger partial charge in [-0.15, -0.1) is 0 Å². The standard InChI is InChI=1S/C13H24N4O/c1-6-13(18,7-2)8-15-12-9(3)11(14-5)16-10(4)17-12/h18H,6-8H2,1-5H3,(H2,14,15,16,17). The van der Waals surface area contributed by atoms with Crippen LogP contribution in [0, 0.1) is 13.8 Å². The highest BCUT2D eigenvalue weighted by molar-refractivity contribution is 5.57. The fourth-order valence-electron chi connectivity index (χ4n) is 1.79. The maximum atomic E-state index is 10.3. The Balaban J connectivity index is 2.88. The molecule has 0 saturated carbocycles. The smallest absolute Gasteiger partial charge is 0.134 e. The van der Waals surface area contributed by atoms with Crippen LogP contribution in [-0.4, -0.2) is 34.3 Å². The fraction of sp³-hybridized carbons (Fsp3) is 0.692. The van der Waals surface area contributed by atoms with E-state index in [-0.39, 0.29) is 0 Å². The summed E-state index contributed by atoms with van der Waals surface area (Å²) in [6.45, 7) is 8.30. The van der Waals surface area contributed by atoms with Gasteiger partial charge in [0.2, 0.25) is 0 Å². The molecule has 0 aliphatic rings. The topological polar surface area (TPSA) is 70.1 Å². The van der Waals surface area contributed by atoms with Crippen LogP contribution in [0.4, 0.5) is 11.6 Å². The van der Waals surface area contributed by atoms with E-state index in [1.807, 2.05) is 34.7 Å². The molecule has 0 fully saturated rings. The summed E-state index contributed by atoms with van der Waals surface area (Å²) in [6.07, 6.45) is 1.44. The fourth-order valence-corrected chi connectivity index (χ4v) is 1.79. The minimum atomic E-state index is -0.675.